The quantitative estimate of drug-likeness (QED) is 0.00875. The number of oxazole rings is 1. The standard InChI is InChI=1S/C86H128N14O19/c1-54-21-11-10-12-22-55(2)70(110-7)50-63-30-27-59(6)86(109,119-63)80(106)83(107)99-35-18-15-24-66(99)84(108)117-71(51-67(101)56(3)46-58(5)78(105)79(112-9)77(104)57(4)45-54)64(87)47-60-28-31-69(72(48-60)111-8)116-38-20-16-23-62-52-98(97-95-62)37-40-114-42-44-115-43-41-113-39-34-91-74(103)26-14-13-25-73(102)90-33-17-19-36-100-82-75(81(88)92-53-93-82)76(96-100)61-29-32-68-65(49-61)94-85(89)118-68/h10-12,21-22,29,32,46,49,52-54,56-57,59-60,63-64,66,69-72,78-79,105,109H,13-20,23-28,30-31,33-45,47-48,50-51,87H2,1-9H3,(H2,89,94)(H,90,102)(H,91,103)(H2,88,92,93)/b12-10?,21-11+,55-22?,58-46+/t54-,56-,57-,59-,60+,63+,64-,66+,69-,70+,71+,72-,78-,79+,86-/m1/s1. The topological polar surface area (TPSA) is 449 Å². The van der Waals surface area contributed by atoms with Gasteiger partial charge in [-0.25, -0.2) is 24.1 Å². The molecule has 3 aliphatic heterocycles. The Bertz CT molecular complexity index is 4240. The third-order valence-electron chi connectivity index (χ3n) is 23.1. The second-order valence-electron chi connectivity index (χ2n) is 32.3. The Balaban J connectivity index is 0.642. The number of carbonyl (C=O) groups is 7. The number of hydrogen-bond donors (Lipinski definition) is 7. The predicted octanol–water partition coefficient (Wildman–Crippen LogP) is 7.95. The molecule has 0 unspecified atom stereocenters. The zero-order valence-corrected chi connectivity index (χ0v) is 70.9. The van der Waals surface area contributed by atoms with E-state index in [9.17, 15) is 43.8 Å². The Kier molecular flexibility index (Phi) is 37.7. The molecule has 0 radical (unpaired) electrons. The molecule has 4 aromatic heterocycles. The molecule has 1 aromatic carbocycles. The van der Waals surface area contributed by atoms with Gasteiger partial charge >= 0.3 is 5.97 Å². The number of ether oxygens (including phenoxy) is 9. The molecule has 3 amide bonds. The van der Waals surface area contributed by atoms with E-state index in [1.165, 1.54) is 13.4 Å². The number of hydrogen-bond acceptors (Lipinski definition) is 28. The van der Waals surface area contributed by atoms with Crippen LogP contribution in [0, 0.1) is 29.6 Å². The van der Waals surface area contributed by atoms with Gasteiger partial charge in [-0.3, -0.25) is 28.8 Å². The lowest BCUT2D eigenvalue weighted by molar-refractivity contribution is -0.265. The van der Waals surface area contributed by atoms with Gasteiger partial charge < -0.3 is 90.0 Å². The zero-order chi connectivity index (χ0) is 85.5. The molecule has 7 heterocycles. The number of rotatable bonds is 35. The highest BCUT2D eigenvalue weighted by Gasteiger charge is 2.53. The Morgan fingerprint density at radius 2 is 1.51 bits per heavy atom. The number of nitrogens with zero attached hydrogens (tertiary/aromatic N) is 9. The molecule has 15 atom stereocenters. The van der Waals surface area contributed by atoms with Crippen molar-refractivity contribution in [2.45, 2.75) is 250 Å². The lowest BCUT2D eigenvalue weighted by atomic mass is 9.80. The number of ketones is 3. The first kappa shape index (κ1) is 94.2. The van der Waals surface area contributed by atoms with Crippen molar-refractivity contribution in [3.05, 3.63) is 84.0 Å². The highest BCUT2D eigenvalue weighted by atomic mass is 16.6. The van der Waals surface area contributed by atoms with Crippen LogP contribution in [-0.2, 0) is 95.7 Å². The normalized spacial score (nSPS) is 26.7. The summed E-state index contributed by atoms with van der Waals surface area (Å²) in [7, 11) is 4.59. The second-order valence-corrected chi connectivity index (χ2v) is 32.3. The number of benzene rings is 1. The highest BCUT2D eigenvalue weighted by Crippen LogP contribution is 2.39. The van der Waals surface area contributed by atoms with Crippen molar-refractivity contribution in [3.63, 3.8) is 0 Å². The third-order valence-corrected chi connectivity index (χ3v) is 23.1. The van der Waals surface area contributed by atoms with E-state index in [0.29, 0.717) is 202 Å². The van der Waals surface area contributed by atoms with E-state index in [4.69, 9.17) is 69.3 Å². The lowest BCUT2D eigenvalue weighted by Gasteiger charge is -2.42. The summed E-state index contributed by atoms with van der Waals surface area (Å²) in [6.45, 7) is 15.4. The van der Waals surface area contributed by atoms with Crippen molar-refractivity contribution < 1.29 is 90.8 Å². The smallest absolute Gasteiger partial charge is 0.329 e. The van der Waals surface area contributed by atoms with Crippen LogP contribution in [0.1, 0.15) is 176 Å². The van der Waals surface area contributed by atoms with E-state index < -0.39 is 83.8 Å². The van der Waals surface area contributed by atoms with Gasteiger partial charge in [-0.15, -0.1) is 5.10 Å². The maximum Gasteiger partial charge on any atom is 0.329 e. The molecule has 119 heavy (non-hydrogen) atoms. The minimum Gasteiger partial charge on any atom is -0.459 e. The Hall–Kier alpha value is -8.61. The van der Waals surface area contributed by atoms with Crippen LogP contribution in [0.4, 0.5) is 11.8 Å². The number of methoxy groups -OCH3 is 3. The summed E-state index contributed by atoms with van der Waals surface area (Å²) in [5.41, 5.74) is 24.4. The SMILES string of the molecule is CO[C@H]1C[C@@H]2CC[C@@H](C)[C@@](O)(O2)C(=O)C(=O)N2CCCC[C@H]2C(=O)O[C@H]([C@H](N)C[C@@H]2CC[C@@H](OCCCCc3cn(CCOCCOCCOCCNC(=O)CCCCC(=O)NCCCCn4nc(-c5ccc6oc(N)nc6c5)c5c(N)ncnc54)nn3)[C@H](OC)C2)CC(=O)[C@H](C)/C=C(\C)[C@@H](O)[C@@H](OC)C(=O)[C@H](C)C[C@H](C)/C=C/C=CC=C1C. The summed E-state index contributed by atoms with van der Waals surface area (Å²) >= 11 is 0. The summed E-state index contributed by atoms with van der Waals surface area (Å²) in [6, 6.07) is 3.45. The number of amides is 3. The number of aliphatic hydroxyl groups excluding tert-OH is 1. The van der Waals surface area contributed by atoms with Crippen LogP contribution in [-0.4, -0.2) is 244 Å². The number of nitrogens with one attached hydrogen (secondary N) is 2. The van der Waals surface area contributed by atoms with Crippen molar-refractivity contribution in [2.75, 3.05) is 98.7 Å². The molecule has 4 aliphatic rings. The van der Waals surface area contributed by atoms with E-state index in [0.717, 1.165) is 47.4 Å². The molecular formula is C86H128N14O19. The Morgan fingerprint density at radius 1 is 0.765 bits per heavy atom. The summed E-state index contributed by atoms with van der Waals surface area (Å²) in [6.07, 6.45) is 19.5. The van der Waals surface area contributed by atoms with Gasteiger partial charge in [-0.2, -0.15) is 10.1 Å². The number of piperidine rings is 1. The number of nitrogen functional groups attached to an aromatic ring is 2. The molecule has 5 aromatic rings. The molecule has 2 saturated heterocycles. The van der Waals surface area contributed by atoms with Gasteiger partial charge in [-0.1, -0.05) is 69.4 Å². The van der Waals surface area contributed by atoms with Gasteiger partial charge in [0, 0.05) is 115 Å². The number of esters is 1. The number of nitrogens with two attached hydrogens (primary N) is 3. The molecule has 9 rings (SSSR count). The summed E-state index contributed by atoms with van der Waals surface area (Å²) in [4.78, 5) is 111. The molecular weight excluding hydrogens is 1530 g/mol. The van der Waals surface area contributed by atoms with E-state index in [-0.39, 0.29) is 79.2 Å². The first-order valence-electron chi connectivity index (χ1n) is 42.4. The summed E-state index contributed by atoms with van der Waals surface area (Å²) < 4.78 is 62.5. The third kappa shape index (κ3) is 27.7. The molecule has 1 aliphatic carbocycles. The van der Waals surface area contributed by atoms with Gasteiger partial charge in [0.1, 0.15) is 53.5 Å². The van der Waals surface area contributed by atoms with Crippen molar-refractivity contribution in [3.8, 4) is 11.3 Å². The van der Waals surface area contributed by atoms with Gasteiger partial charge in [0.15, 0.2) is 17.0 Å². The van der Waals surface area contributed by atoms with E-state index >= 15 is 0 Å². The van der Waals surface area contributed by atoms with Gasteiger partial charge in [-0.05, 0) is 164 Å². The van der Waals surface area contributed by atoms with Crippen molar-refractivity contribution >= 4 is 75.0 Å². The number of allylic oxidation sites excluding steroid dienone is 6. The molecule has 1 saturated carbocycles. The Morgan fingerprint density at radius 3 is 2.26 bits per heavy atom. The van der Waals surface area contributed by atoms with Crippen molar-refractivity contribution in [2.24, 2.45) is 35.3 Å². The second kappa shape index (κ2) is 47.6. The minimum atomic E-state index is -2.48. The van der Waals surface area contributed by atoms with Crippen LogP contribution >= 0.6 is 0 Å². The fourth-order valence-corrected chi connectivity index (χ4v) is 16.1. The van der Waals surface area contributed by atoms with Crippen molar-refractivity contribution in [1.82, 2.24) is 55.3 Å². The number of carbonyl (C=O) groups excluding carboxylic acids is 7. The lowest BCUT2D eigenvalue weighted by Crippen LogP contribution is -2.61. The molecule has 0 spiro atoms. The number of fused-ring (bicyclic) bond motifs is 5. The van der Waals surface area contributed by atoms with Crippen LogP contribution in [0.25, 0.3) is 33.4 Å². The summed E-state index contributed by atoms with van der Waals surface area (Å²) in [5.74, 6) is -8.16. The van der Waals surface area contributed by atoms with Crippen LogP contribution in [0.15, 0.2) is 82.7 Å². The van der Waals surface area contributed by atoms with Crippen LogP contribution in [0.5, 0.6) is 0 Å². The fraction of sp³-hybridized carbons (Fsp3) is 0.663. The summed E-state index contributed by atoms with van der Waals surface area (Å²) in [5, 5.41) is 43.7. The fourth-order valence-electron chi connectivity index (χ4n) is 16.1. The first-order chi connectivity index (χ1) is 57.3. The maximum absolute atomic E-state index is 14.7. The zero-order valence-electron chi connectivity index (χ0n) is 70.9. The Labute approximate surface area is 697 Å². The van der Waals surface area contributed by atoms with Gasteiger partial charge in [0.05, 0.1) is 81.7 Å². The van der Waals surface area contributed by atoms with Crippen LogP contribution in [0.3, 0.4) is 0 Å². The number of aliphatic hydroxyl groups is 2. The van der Waals surface area contributed by atoms with E-state index in [2.05, 4.69) is 35.9 Å². The van der Waals surface area contributed by atoms with Gasteiger partial charge in [0.25, 0.3) is 17.7 Å². The predicted molar refractivity (Wildman–Crippen MR) is 444 cm³/mol. The molecule has 3 fully saturated rings. The largest absolute Gasteiger partial charge is 0.459 e. The maximum atomic E-state index is 14.7. The molecule has 656 valence electrons. The molecule has 10 N–H and O–H groups in total. The van der Waals surface area contributed by atoms with Crippen molar-refractivity contribution in [1.29, 1.82) is 0 Å². The van der Waals surface area contributed by atoms with E-state index in [1.54, 1.807) is 63.4 Å². The highest BCUT2D eigenvalue weighted by molar-refractivity contribution is 6.39. The number of cyclic esters (lactones) is 1. The number of aromatic nitrogens is 8. The number of anilines is 2. The molecule has 33 heteroatoms. The monoisotopic (exact) mass is 1660 g/mol. The average Bonchev–Trinajstić information content (AvgIpc) is 1.73. The first-order valence-corrected chi connectivity index (χ1v) is 42.4. The number of unbranched alkanes of at least 4 members (excludes halogenated alkanes) is 3. The van der Waals surface area contributed by atoms with E-state index in [1.807, 2.05) is 62.6 Å². The number of Topliss-reactive ketones (excluding diaryl/α,β-unsaturated/α-hetero) is 3. The van der Waals surface area contributed by atoms with Crippen LogP contribution in [0.2, 0.25) is 0 Å². The molecule has 2 bridgehead atoms. The average molecular weight is 1660 g/mol. The molecule has 33 nitrogen and oxygen atoms in total. The number of aryl methyl sites for hydroxylation is 2. The van der Waals surface area contributed by atoms with Crippen LogP contribution < -0.4 is 27.8 Å². The van der Waals surface area contributed by atoms with Gasteiger partial charge in [0.2, 0.25) is 17.6 Å². The minimum absolute atomic E-state index is 0.0166.